The monoisotopic (exact) mass is 261 g/mol. The van der Waals surface area contributed by atoms with Gasteiger partial charge in [0.1, 0.15) is 5.75 Å². The summed E-state index contributed by atoms with van der Waals surface area (Å²) < 4.78 is 5.70. The first-order chi connectivity index (χ1) is 9.12. The Morgan fingerprint density at radius 2 is 2.16 bits per heavy atom. The van der Waals surface area contributed by atoms with Gasteiger partial charge in [0.15, 0.2) is 0 Å². The summed E-state index contributed by atoms with van der Waals surface area (Å²) in [7, 11) is 0. The van der Waals surface area contributed by atoms with Gasteiger partial charge in [0.05, 0.1) is 6.61 Å². The van der Waals surface area contributed by atoms with Crippen LogP contribution < -0.4 is 10.1 Å². The van der Waals surface area contributed by atoms with Gasteiger partial charge in [0.2, 0.25) is 0 Å². The molecule has 1 fully saturated rings. The maximum atomic E-state index is 5.70. The number of benzene rings is 1. The van der Waals surface area contributed by atoms with Crippen LogP contribution in [0.15, 0.2) is 24.3 Å². The van der Waals surface area contributed by atoms with Gasteiger partial charge in [-0.25, -0.2) is 0 Å². The van der Waals surface area contributed by atoms with E-state index < -0.39 is 0 Å². The maximum absolute atomic E-state index is 5.70. The fourth-order valence-electron chi connectivity index (χ4n) is 2.86. The van der Waals surface area contributed by atoms with Crippen LogP contribution in [-0.2, 0) is 0 Å². The Balaban J connectivity index is 2.01. The summed E-state index contributed by atoms with van der Waals surface area (Å²) in [4.78, 5) is 0. The molecule has 1 aromatic rings. The van der Waals surface area contributed by atoms with Crippen molar-refractivity contribution in [3.05, 3.63) is 24.3 Å². The van der Waals surface area contributed by atoms with Crippen LogP contribution in [0.4, 0.5) is 5.69 Å². The molecule has 106 valence electrons. The predicted octanol–water partition coefficient (Wildman–Crippen LogP) is 4.86. The summed E-state index contributed by atoms with van der Waals surface area (Å²) in [5.41, 5.74) is 1.58. The van der Waals surface area contributed by atoms with E-state index in [1.54, 1.807) is 0 Å². The van der Waals surface area contributed by atoms with E-state index in [2.05, 4.69) is 44.3 Å². The molecule has 1 saturated carbocycles. The van der Waals surface area contributed by atoms with Gasteiger partial charge in [-0.1, -0.05) is 39.7 Å². The second-order valence-electron chi connectivity index (χ2n) is 6.31. The molecule has 0 amide bonds. The second kappa shape index (κ2) is 6.31. The highest BCUT2D eigenvalue weighted by atomic mass is 16.5. The fourth-order valence-corrected chi connectivity index (χ4v) is 2.86. The molecule has 0 aliphatic heterocycles. The molecule has 0 aromatic heterocycles. The van der Waals surface area contributed by atoms with Gasteiger partial charge in [-0.3, -0.25) is 0 Å². The van der Waals surface area contributed by atoms with Crippen LogP contribution in [0.5, 0.6) is 5.75 Å². The molecule has 1 atom stereocenters. The molecule has 1 N–H and O–H groups in total. The minimum atomic E-state index is 0.387. The quantitative estimate of drug-likeness (QED) is 0.817. The lowest BCUT2D eigenvalue weighted by Gasteiger charge is -2.39. The van der Waals surface area contributed by atoms with Crippen molar-refractivity contribution in [1.29, 1.82) is 0 Å². The van der Waals surface area contributed by atoms with E-state index >= 15 is 0 Å². The molecule has 2 rings (SSSR count). The second-order valence-corrected chi connectivity index (χ2v) is 6.31. The Labute approximate surface area is 117 Å². The van der Waals surface area contributed by atoms with E-state index in [9.17, 15) is 0 Å². The smallest absolute Gasteiger partial charge is 0.121 e. The zero-order chi connectivity index (χ0) is 13.7. The Bertz CT molecular complexity index is 400. The molecular formula is C17H27NO. The SMILES string of the molecule is CCCOc1cccc(NC2CCCCC2(C)C)c1. The Kier molecular flexibility index (Phi) is 4.73. The lowest BCUT2D eigenvalue weighted by Crippen LogP contribution is -2.38. The van der Waals surface area contributed by atoms with Gasteiger partial charge in [-0.15, -0.1) is 0 Å². The van der Waals surface area contributed by atoms with Crippen molar-refractivity contribution in [2.24, 2.45) is 5.41 Å². The molecule has 2 nitrogen and oxygen atoms in total. The van der Waals surface area contributed by atoms with Gasteiger partial charge in [0, 0.05) is 17.8 Å². The Morgan fingerprint density at radius 3 is 2.89 bits per heavy atom. The first-order valence-electron chi connectivity index (χ1n) is 7.61. The normalized spacial score (nSPS) is 21.9. The Morgan fingerprint density at radius 1 is 1.32 bits per heavy atom. The highest BCUT2D eigenvalue weighted by molar-refractivity contribution is 5.49. The van der Waals surface area contributed by atoms with Crippen LogP contribution in [0, 0.1) is 5.41 Å². The predicted molar refractivity (Wildman–Crippen MR) is 81.9 cm³/mol. The molecule has 0 heterocycles. The van der Waals surface area contributed by atoms with Gasteiger partial charge >= 0.3 is 0 Å². The maximum Gasteiger partial charge on any atom is 0.121 e. The van der Waals surface area contributed by atoms with E-state index in [4.69, 9.17) is 4.74 Å². The van der Waals surface area contributed by atoms with Crippen LogP contribution in [0.25, 0.3) is 0 Å². The first-order valence-corrected chi connectivity index (χ1v) is 7.61. The molecule has 1 aromatic carbocycles. The summed E-state index contributed by atoms with van der Waals surface area (Å²) in [5, 5.41) is 3.71. The van der Waals surface area contributed by atoms with Crippen LogP contribution >= 0.6 is 0 Å². The van der Waals surface area contributed by atoms with E-state index in [0.29, 0.717) is 11.5 Å². The topological polar surface area (TPSA) is 21.3 Å². The summed E-state index contributed by atoms with van der Waals surface area (Å²) in [6.45, 7) is 7.67. The van der Waals surface area contributed by atoms with Gasteiger partial charge < -0.3 is 10.1 Å². The number of anilines is 1. The highest BCUT2D eigenvalue weighted by Crippen LogP contribution is 2.37. The number of hydrogen-bond donors (Lipinski definition) is 1. The van der Waals surface area contributed by atoms with Gasteiger partial charge in [-0.2, -0.15) is 0 Å². The standard InChI is InChI=1S/C17H27NO/c1-4-12-19-15-9-7-8-14(13-15)18-16-10-5-6-11-17(16,2)3/h7-9,13,16,18H,4-6,10-12H2,1-3H3. The lowest BCUT2D eigenvalue weighted by atomic mass is 9.73. The largest absolute Gasteiger partial charge is 0.494 e. The van der Waals surface area contributed by atoms with Crippen molar-refractivity contribution in [1.82, 2.24) is 0 Å². The highest BCUT2D eigenvalue weighted by Gasteiger charge is 2.31. The minimum Gasteiger partial charge on any atom is -0.494 e. The van der Waals surface area contributed by atoms with Crippen LogP contribution in [0.3, 0.4) is 0 Å². The molecule has 0 bridgehead atoms. The minimum absolute atomic E-state index is 0.387. The van der Waals surface area contributed by atoms with Crippen molar-refractivity contribution < 1.29 is 4.74 Å². The van der Waals surface area contributed by atoms with Crippen LogP contribution in [0.1, 0.15) is 52.9 Å². The summed E-state index contributed by atoms with van der Waals surface area (Å²) >= 11 is 0. The molecule has 0 spiro atoms. The third-order valence-corrected chi connectivity index (χ3v) is 4.16. The van der Waals surface area contributed by atoms with Gasteiger partial charge in [-0.05, 0) is 36.8 Å². The molecule has 19 heavy (non-hydrogen) atoms. The number of nitrogens with one attached hydrogen (secondary N) is 1. The third-order valence-electron chi connectivity index (χ3n) is 4.16. The first kappa shape index (κ1) is 14.2. The third kappa shape index (κ3) is 3.89. The van der Waals surface area contributed by atoms with E-state index in [1.807, 2.05) is 6.07 Å². The van der Waals surface area contributed by atoms with Gasteiger partial charge in [0.25, 0.3) is 0 Å². The summed E-state index contributed by atoms with van der Waals surface area (Å²) in [6.07, 6.45) is 6.34. The fraction of sp³-hybridized carbons (Fsp3) is 0.647. The zero-order valence-corrected chi connectivity index (χ0v) is 12.5. The Hall–Kier alpha value is -1.18. The van der Waals surface area contributed by atoms with Crippen molar-refractivity contribution in [3.63, 3.8) is 0 Å². The van der Waals surface area contributed by atoms with Crippen LogP contribution in [-0.4, -0.2) is 12.6 Å². The van der Waals surface area contributed by atoms with Crippen molar-refractivity contribution in [2.75, 3.05) is 11.9 Å². The summed E-state index contributed by atoms with van der Waals surface area (Å²) in [6, 6.07) is 8.95. The number of hydrogen-bond acceptors (Lipinski definition) is 2. The van der Waals surface area contributed by atoms with Crippen molar-refractivity contribution in [3.8, 4) is 5.75 Å². The van der Waals surface area contributed by atoms with Crippen molar-refractivity contribution >= 4 is 5.69 Å². The average molecular weight is 261 g/mol. The zero-order valence-electron chi connectivity index (χ0n) is 12.5. The van der Waals surface area contributed by atoms with E-state index in [-0.39, 0.29) is 0 Å². The van der Waals surface area contributed by atoms with E-state index in [0.717, 1.165) is 18.8 Å². The number of rotatable bonds is 5. The molecular weight excluding hydrogens is 234 g/mol. The average Bonchev–Trinajstić information content (AvgIpc) is 2.39. The summed E-state index contributed by atoms with van der Waals surface area (Å²) in [5.74, 6) is 0.973. The number of ether oxygens (including phenoxy) is 1. The molecule has 1 aliphatic rings. The van der Waals surface area contributed by atoms with Crippen molar-refractivity contribution in [2.45, 2.75) is 58.9 Å². The molecule has 1 aliphatic carbocycles. The van der Waals surface area contributed by atoms with E-state index in [1.165, 1.54) is 31.4 Å². The van der Waals surface area contributed by atoms with Crippen LogP contribution in [0.2, 0.25) is 0 Å². The molecule has 2 heteroatoms. The molecule has 0 radical (unpaired) electrons. The molecule has 1 unspecified atom stereocenters. The molecule has 0 saturated heterocycles. The lowest BCUT2D eigenvalue weighted by molar-refractivity contribution is 0.217.